The quantitative estimate of drug-likeness (QED) is 0.676. The van der Waals surface area contributed by atoms with Gasteiger partial charge in [0.25, 0.3) is 0 Å². The summed E-state index contributed by atoms with van der Waals surface area (Å²) in [6.45, 7) is 3.38. The Labute approximate surface area is 128 Å². The second-order valence-corrected chi connectivity index (χ2v) is 4.98. The van der Waals surface area contributed by atoms with Crippen LogP contribution in [0.4, 0.5) is 4.79 Å². The molecule has 0 saturated heterocycles. The van der Waals surface area contributed by atoms with Crippen LogP contribution in [-0.4, -0.2) is 39.7 Å². The molecular weight excluding hydrogens is 284 g/mol. The van der Waals surface area contributed by atoms with Crippen molar-refractivity contribution in [1.29, 1.82) is 0 Å². The largest absolute Gasteiger partial charge is 0.481 e. The molecule has 2 aromatic rings. The number of carboxylic acids is 1. The van der Waals surface area contributed by atoms with Crippen LogP contribution in [0.15, 0.2) is 24.3 Å². The van der Waals surface area contributed by atoms with E-state index in [4.69, 9.17) is 5.11 Å². The number of imidazole rings is 1. The summed E-state index contributed by atoms with van der Waals surface area (Å²) >= 11 is 0. The molecule has 0 saturated carbocycles. The monoisotopic (exact) mass is 304 g/mol. The van der Waals surface area contributed by atoms with Gasteiger partial charge in [-0.1, -0.05) is 12.1 Å². The predicted molar refractivity (Wildman–Crippen MR) is 82.7 cm³/mol. The van der Waals surface area contributed by atoms with Crippen LogP contribution >= 0.6 is 0 Å². The molecule has 118 valence electrons. The number of para-hydroxylation sites is 2. The first-order valence-electron chi connectivity index (χ1n) is 7.23. The molecule has 2 rings (SSSR count). The van der Waals surface area contributed by atoms with Crippen molar-refractivity contribution in [2.75, 3.05) is 13.1 Å². The van der Waals surface area contributed by atoms with E-state index in [2.05, 4.69) is 20.2 Å². The van der Waals surface area contributed by atoms with Crippen LogP contribution in [0, 0.1) is 6.92 Å². The summed E-state index contributed by atoms with van der Waals surface area (Å²) in [5.41, 5.74) is 2.06. The number of aliphatic carboxylic acids is 1. The van der Waals surface area contributed by atoms with Gasteiger partial charge < -0.3 is 20.3 Å². The van der Waals surface area contributed by atoms with E-state index in [1.807, 2.05) is 31.2 Å². The number of benzene rings is 1. The van der Waals surface area contributed by atoms with Crippen LogP contribution in [0.1, 0.15) is 18.7 Å². The van der Waals surface area contributed by atoms with E-state index in [0.717, 1.165) is 29.8 Å². The van der Waals surface area contributed by atoms with Gasteiger partial charge in [-0.25, -0.2) is 9.78 Å². The highest BCUT2D eigenvalue weighted by Gasteiger charge is 2.06. The summed E-state index contributed by atoms with van der Waals surface area (Å²) in [5.74, 6) is 0.0230. The van der Waals surface area contributed by atoms with Crippen molar-refractivity contribution in [3.05, 3.63) is 30.1 Å². The van der Waals surface area contributed by atoms with Crippen molar-refractivity contribution in [3.63, 3.8) is 0 Å². The van der Waals surface area contributed by atoms with Crippen molar-refractivity contribution in [3.8, 4) is 0 Å². The molecule has 0 fully saturated rings. The number of fused-ring (bicyclic) bond motifs is 1. The summed E-state index contributed by atoms with van der Waals surface area (Å²) < 4.78 is 2.12. The standard InChI is InChI=1S/C15H20N4O3/c1-11-18-12-5-2-3-6-13(12)19(11)10-4-8-16-15(22)17-9-7-14(20)21/h2-3,5-6H,4,7-10H2,1H3,(H,20,21)(H2,16,17,22). The van der Waals surface area contributed by atoms with Crippen LogP contribution in [0.2, 0.25) is 0 Å². The number of aromatic nitrogens is 2. The normalized spacial score (nSPS) is 10.6. The maximum absolute atomic E-state index is 11.4. The number of aryl methyl sites for hydroxylation is 2. The number of rotatable bonds is 7. The van der Waals surface area contributed by atoms with E-state index in [-0.39, 0.29) is 19.0 Å². The third kappa shape index (κ3) is 4.21. The Morgan fingerprint density at radius 3 is 2.73 bits per heavy atom. The highest BCUT2D eigenvalue weighted by Crippen LogP contribution is 2.15. The van der Waals surface area contributed by atoms with Gasteiger partial charge in [0.05, 0.1) is 17.5 Å². The number of hydrogen-bond acceptors (Lipinski definition) is 3. The highest BCUT2D eigenvalue weighted by atomic mass is 16.4. The average Bonchev–Trinajstić information content (AvgIpc) is 2.79. The molecule has 1 aromatic heterocycles. The SMILES string of the molecule is Cc1nc2ccccc2n1CCCNC(=O)NCCC(=O)O. The van der Waals surface area contributed by atoms with Gasteiger partial charge in [0.2, 0.25) is 0 Å². The molecule has 1 heterocycles. The van der Waals surface area contributed by atoms with Gasteiger partial charge in [0.15, 0.2) is 0 Å². The van der Waals surface area contributed by atoms with E-state index in [1.54, 1.807) is 0 Å². The van der Waals surface area contributed by atoms with Gasteiger partial charge in [0, 0.05) is 19.6 Å². The van der Waals surface area contributed by atoms with Crippen molar-refractivity contribution in [2.45, 2.75) is 26.3 Å². The van der Waals surface area contributed by atoms with E-state index >= 15 is 0 Å². The van der Waals surface area contributed by atoms with Crippen LogP contribution < -0.4 is 10.6 Å². The Morgan fingerprint density at radius 2 is 1.95 bits per heavy atom. The zero-order valence-corrected chi connectivity index (χ0v) is 12.5. The van der Waals surface area contributed by atoms with Crippen LogP contribution in [0.5, 0.6) is 0 Å². The molecule has 0 spiro atoms. The minimum absolute atomic E-state index is 0.0758. The molecule has 0 aliphatic rings. The molecule has 22 heavy (non-hydrogen) atoms. The minimum atomic E-state index is -0.928. The number of carbonyl (C=O) groups excluding carboxylic acids is 1. The van der Waals surface area contributed by atoms with Gasteiger partial charge in [-0.05, 0) is 25.5 Å². The molecule has 0 bridgehead atoms. The Kier molecular flexibility index (Phi) is 5.35. The number of amides is 2. The fourth-order valence-electron chi connectivity index (χ4n) is 2.26. The van der Waals surface area contributed by atoms with Crippen LogP contribution in [-0.2, 0) is 11.3 Å². The zero-order valence-electron chi connectivity index (χ0n) is 12.5. The first kappa shape index (κ1) is 15.8. The molecule has 3 N–H and O–H groups in total. The van der Waals surface area contributed by atoms with Crippen molar-refractivity contribution in [2.24, 2.45) is 0 Å². The fourth-order valence-corrected chi connectivity index (χ4v) is 2.26. The lowest BCUT2D eigenvalue weighted by Crippen LogP contribution is -2.37. The van der Waals surface area contributed by atoms with E-state index in [0.29, 0.717) is 6.54 Å². The minimum Gasteiger partial charge on any atom is -0.481 e. The van der Waals surface area contributed by atoms with Gasteiger partial charge in [-0.3, -0.25) is 4.79 Å². The summed E-state index contributed by atoms with van der Waals surface area (Å²) in [6, 6.07) is 7.61. The molecule has 7 heteroatoms. The predicted octanol–water partition coefficient (Wildman–Crippen LogP) is 1.51. The van der Waals surface area contributed by atoms with Crippen LogP contribution in [0.25, 0.3) is 11.0 Å². The highest BCUT2D eigenvalue weighted by molar-refractivity contribution is 5.76. The summed E-state index contributed by atoms with van der Waals surface area (Å²) in [4.78, 5) is 26.3. The second kappa shape index (κ2) is 7.44. The number of hydrogen-bond donors (Lipinski definition) is 3. The third-order valence-electron chi connectivity index (χ3n) is 3.31. The van der Waals surface area contributed by atoms with Gasteiger partial charge in [0.1, 0.15) is 5.82 Å². The van der Waals surface area contributed by atoms with Gasteiger partial charge in [-0.15, -0.1) is 0 Å². The second-order valence-electron chi connectivity index (χ2n) is 4.98. The lowest BCUT2D eigenvalue weighted by molar-refractivity contribution is -0.136. The first-order chi connectivity index (χ1) is 10.6. The summed E-state index contributed by atoms with van der Waals surface area (Å²) in [7, 11) is 0. The Bertz CT molecular complexity index is 666. The molecule has 0 radical (unpaired) electrons. The van der Waals surface area contributed by atoms with E-state index < -0.39 is 5.97 Å². The molecule has 0 aliphatic carbocycles. The smallest absolute Gasteiger partial charge is 0.314 e. The van der Waals surface area contributed by atoms with E-state index in [1.165, 1.54) is 0 Å². The topological polar surface area (TPSA) is 96.3 Å². The van der Waals surface area contributed by atoms with Crippen molar-refractivity contribution in [1.82, 2.24) is 20.2 Å². The summed E-state index contributed by atoms with van der Waals surface area (Å²) in [5, 5.41) is 13.7. The van der Waals surface area contributed by atoms with Crippen molar-refractivity contribution < 1.29 is 14.7 Å². The molecule has 1 aromatic carbocycles. The molecule has 0 aliphatic heterocycles. The Balaban J connectivity index is 1.75. The van der Waals surface area contributed by atoms with Gasteiger partial charge >= 0.3 is 12.0 Å². The number of nitrogens with zero attached hydrogens (tertiary/aromatic N) is 2. The number of nitrogens with one attached hydrogen (secondary N) is 2. The summed E-state index contributed by atoms with van der Waals surface area (Å²) in [6.07, 6.45) is 0.696. The van der Waals surface area contributed by atoms with Crippen LogP contribution in [0.3, 0.4) is 0 Å². The zero-order chi connectivity index (χ0) is 15.9. The molecule has 0 atom stereocenters. The Morgan fingerprint density at radius 1 is 1.23 bits per heavy atom. The van der Waals surface area contributed by atoms with Gasteiger partial charge in [-0.2, -0.15) is 0 Å². The number of carbonyl (C=O) groups is 2. The maximum Gasteiger partial charge on any atom is 0.314 e. The fraction of sp³-hybridized carbons (Fsp3) is 0.400. The lowest BCUT2D eigenvalue weighted by Gasteiger charge is -2.09. The maximum atomic E-state index is 11.4. The molecule has 7 nitrogen and oxygen atoms in total. The van der Waals surface area contributed by atoms with Crippen molar-refractivity contribution >= 4 is 23.0 Å². The number of carboxylic acid groups (broad SMARTS) is 1. The molecular formula is C15H20N4O3. The molecule has 0 unspecified atom stereocenters. The third-order valence-corrected chi connectivity index (χ3v) is 3.31. The Hall–Kier alpha value is -2.57. The first-order valence-corrected chi connectivity index (χ1v) is 7.23. The lowest BCUT2D eigenvalue weighted by atomic mass is 10.3. The number of urea groups is 1. The molecule has 2 amide bonds. The van der Waals surface area contributed by atoms with E-state index in [9.17, 15) is 9.59 Å². The average molecular weight is 304 g/mol.